The standard InChI is InChI=1S/C45H53NO16S/c1-29(48)46-38-41(40(62-63(50,51)52)37(28-54-24-34-19-21-35(53-3)22-20-34)60-44(38)57-27-33-17-11-6-12-18-33)61-45-43(58-30(2)49)42(56-26-32-15-9-5-10-16-32)39(36(23-47)59-45)55-25-31-13-7-4-8-14-31/h4-22,36-45,47H,23-28H2,1-3H3,(H,46,48)(H,50,51,52)/t36-,37-,38-,39-,40+,41-,42+,43-,44-,45+/m1/s1. The number of hydrogen-bond donors (Lipinski definition) is 3. The van der Waals surface area contributed by atoms with Crippen molar-refractivity contribution < 1.29 is 74.5 Å². The van der Waals surface area contributed by atoms with Crippen molar-refractivity contribution in [2.75, 3.05) is 20.3 Å². The van der Waals surface area contributed by atoms with Crippen LogP contribution in [0.5, 0.6) is 5.75 Å². The van der Waals surface area contributed by atoms with Gasteiger partial charge in [0.1, 0.15) is 48.4 Å². The Labute approximate surface area is 366 Å². The third-order valence-electron chi connectivity index (χ3n) is 10.2. The lowest BCUT2D eigenvalue weighted by atomic mass is 9.95. The summed E-state index contributed by atoms with van der Waals surface area (Å²) >= 11 is 0. The molecule has 2 heterocycles. The lowest BCUT2D eigenvalue weighted by Crippen LogP contribution is -2.69. The Balaban J connectivity index is 1.38. The number of amides is 1. The van der Waals surface area contributed by atoms with Crippen LogP contribution in [-0.2, 0) is 88.5 Å². The Bertz CT molecular complexity index is 2120. The van der Waals surface area contributed by atoms with E-state index in [1.807, 2.05) is 91.0 Å². The highest BCUT2D eigenvalue weighted by Gasteiger charge is 2.56. The summed E-state index contributed by atoms with van der Waals surface area (Å²) in [6, 6.07) is 33.1. The summed E-state index contributed by atoms with van der Waals surface area (Å²) < 4.78 is 96.5. The summed E-state index contributed by atoms with van der Waals surface area (Å²) in [5, 5.41) is 13.6. The van der Waals surface area contributed by atoms with E-state index in [9.17, 15) is 27.7 Å². The molecule has 2 aliphatic heterocycles. The van der Waals surface area contributed by atoms with E-state index in [0.29, 0.717) is 5.75 Å². The van der Waals surface area contributed by atoms with E-state index >= 15 is 0 Å². The monoisotopic (exact) mass is 895 g/mol. The normalized spacial score (nSPS) is 26.1. The second-order valence-electron chi connectivity index (χ2n) is 14.8. The quantitative estimate of drug-likeness (QED) is 0.0795. The molecule has 0 aromatic heterocycles. The van der Waals surface area contributed by atoms with Crippen molar-refractivity contribution in [3.63, 3.8) is 0 Å². The van der Waals surface area contributed by atoms with Gasteiger partial charge in [-0.2, -0.15) is 8.42 Å². The molecule has 4 aromatic rings. The van der Waals surface area contributed by atoms with E-state index in [0.717, 1.165) is 22.3 Å². The second kappa shape index (κ2) is 23.2. The van der Waals surface area contributed by atoms with Gasteiger partial charge < -0.3 is 53.1 Å². The zero-order chi connectivity index (χ0) is 44.8. The zero-order valence-electron chi connectivity index (χ0n) is 35.0. The van der Waals surface area contributed by atoms with Crippen molar-refractivity contribution >= 4 is 22.3 Å². The first kappa shape index (κ1) is 47.6. The van der Waals surface area contributed by atoms with Gasteiger partial charge in [0.15, 0.2) is 18.7 Å². The van der Waals surface area contributed by atoms with Crippen LogP contribution < -0.4 is 10.1 Å². The van der Waals surface area contributed by atoms with E-state index < -0.39 is 90.2 Å². The van der Waals surface area contributed by atoms with Gasteiger partial charge >= 0.3 is 16.4 Å². The van der Waals surface area contributed by atoms with Crippen LogP contribution in [0.3, 0.4) is 0 Å². The maximum Gasteiger partial charge on any atom is 0.397 e. The molecule has 18 heteroatoms. The smallest absolute Gasteiger partial charge is 0.397 e. The lowest BCUT2D eigenvalue weighted by molar-refractivity contribution is -0.352. The number of aliphatic hydroxyl groups excluding tert-OH is 1. The Morgan fingerprint density at radius 1 is 0.635 bits per heavy atom. The Hall–Kier alpha value is -4.83. The molecule has 0 unspecified atom stereocenters. The third kappa shape index (κ3) is 14.1. The molecule has 0 bridgehead atoms. The Kier molecular flexibility index (Phi) is 17.5. The molecule has 0 radical (unpaired) electrons. The summed E-state index contributed by atoms with van der Waals surface area (Å²) in [5.41, 5.74) is 3.03. The first-order valence-electron chi connectivity index (χ1n) is 20.2. The number of nitrogens with one attached hydrogen (secondary N) is 1. The van der Waals surface area contributed by atoms with Gasteiger partial charge in [0.2, 0.25) is 5.91 Å². The number of aliphatic hydroxyl groups is 1. The first-order valence-corrected chi connectivity index (χ1v) is 21.6. The minimum Gasteiger partial charge on any atom is -0.497 e. The van der Waals surface area contributed by atoms with Crippen molar-refractivity contribution in [3.05, 3.63) is 138 Å². The molecule has 2 aliphatic rings. The summed E-state index contributed by atoms with van der Waals surface area (Å²) in [7, 11) is -3.74. The van der Waals surface area contributed by atoms with Crippen molar-refractivity contribution in [1.29, 1.82) is 0 Å². The number of carbonyl (C=O) groups excluding carboxylic acids is 2. The predicted molar refractivity (Wildman–Crippen MR) is 223 cm³/mol. The average molecular weight is 896 g/mol. The SMILES string of the molecule is COc1ccc(COC[C@H]2O[C@@H](OCc3ccccc3)[C@H](NC(C)=O)[C@@H](O[C@@H]3O[C@H](CO)[C@@H](OCc4ccccc4)[C@H](OCc4ccccc4)[C@H]3OC(C)=O)[C@H]2OS(=O)(=O)O)cc1. The summed E-state index contributed by atoms with van der Waals surface area (Å²) in [6.45, 7) is 1.47. The molecule has 340 valence electrons. The Morgan fingerprint density at radius 2 is 1.16 bits per heavy atom. The number of hydrogen-bond acceptors (Lipinski definition) is 15. The summed E-state index contributed by atoms with van der Waals surface area (Å²) in [6.07, 6.45) is -12.7. The molecule has 63 heavy (non-hydrogen) atoms. The molecule has 2 saturated heterocycles. The van der Waals surface area contributed by atoms with Crippen LogP contribution in [0.25, 0.3) is 0 Å². The van der Waals surface area contributed by atoms with Crippen LogP contribution in [0.15, 0.2) is 115 Å². The van der Waals surface area contributed by atoms with Crippen LogP contribution in [-0.4, -0.2) is 112 Å². The number of methoxy groups -OCH3 is 1. The number of rotatable bonds is 21. The zero-order valence-corrected chi connectivity index (χ0v) is 35.8. The maximum atomic E-state index is 12.9. The minimum absolute atomic E-state index is 0.00260. The van der Waals surface area contributed by atoms with Crippen LogP contribution in [0.4, 0.5) is 0 Å². The largest absolute Gasteiger partial charge is 0.497 e. The maximum absolute atomic E-state index is 12.9. The average Bonchev–Trinajstić information content (AvgIpc) is 3.27. The van der Waals surface area contributed by atoms with Gasteiger partial charge in [-0.1, -0.05) is 103 Å². The van der Waals surface area contributed by atoms with E-state index in [4.69, 9.17) is 46.8 Å². The van der Waals surface area contributed by atoms with Crippen molar-refractivity contribution in [1.82, 2.24) is 5.32 Å². The highest BCUT2D eigenvalue weighted by molar-refractivity contribution is 7.80. The first-order chi connectivity index (χ1) is 30.4. The van der Waals surface area contributed by atoms with E-state index in [-0.39, 0.29) is 33.0 Å². The molecule has 6 rings (SSSR count). The van der Waals surface area contributed by atoms with Crippen LogP contribution in [0.2, 0.25) is 0 Å². The molecule has 3 N–H and O–H groups in total. The van der Waals surface area contributed by atoms with Gasteiger partial charge in [-0.25, -0.2) is 4.18 Å². The molecule has 2 fully saturated rings. The molecule has 0 spiro atoms. The van der Waals surface area contributed by atoms with Gasteiger partial charge in [0.05, 0.1) is 46.8 Å². The highest BCUT2D eigenvalue weighted by atomic mass is 32.3. The number of carbonyl (C=O) groups is 2. The third-order valence-corrected chi connectivity index (χ3v) is 10.6. The molecule has 0 saturated carbocycles. The van der Waals surface area contributed by atoms with Crippen molar-refractivity contribution in [3.8, 4) is 5.75 Å². The fourth-order valence-electron chi connectivity index (χ4n) is 7.28. The molecule has 0 aliphatic carbocycles. The fourth-order valence-corrected chi connectivity index (χ4v) is 7.80. The van der Waals surface area contributed by atoms with Gasteiger partial charge in [-0.3, -0.25) is 14.1 Å². The van der Waals surface area contributed by atoms with Gasteiger partial charge in [-0.15, -0.1) is 0 Å². The fraction of sp³-hybridized carbons (Fsp3) is 0.422. The second-order valence-corrected chi connectivity index (χ2v) is 15.9. The van der Waals surface area contributed by atoms with Crippen LogP contribution in [0.1, 0.15) is 36.1 Å². The number of esters is 1. The molecule has 4 aromatic carbocycles. The van der Waals surface area contributed by atoms with Crippen LogP contribution in [0, 0.1) is 0 Å². The molecule has 17 nitrogen and oxygen atoms in total. The van der Waals surface area contributed by atoms with Crippen molar-refractivity contribution in [2.24, 2.45) is 0 Å². The minimum atomic E-state index is -5.27. The molecular formula is C45H53NO16S. The van der Waals surface area contributed by atoms with E-state index in [2.05, 4.69) is 5.32 Å². The number of ether oxygens (including phenoxy) is 9. The van der Waals surface area contributed by atoms with Crippen molar-refractivity contribution in [2.45, 2.75) is 102 Å². The van der Waals surface area contributed by atoms with Gasteiger partial charge in [-0.05, 0) is 34.4 Å². The predicted octanol–water partition coefficient (Wildman–Crippen LogP) is 4.05. The molecular weight excluding hydrogens is 843 g/mol. The van der Waals surface area contributed by atoms with Crippen LogP contribution >= 0.6 is 0 Å². The number of benzene rings is 4. The molecule has 10 atom stereocenters. The Morgan fingerprint density at radius 3 is 1.67 bits per heavy atom. The highest BCUT2D eigenvalue weighted by Crippen LogP contribution is 2.36. The van der Waals surface area contributed by atoms with E-state index in [1.165, 1.54) is 21.0 Å². The van der Waals surface area contributed by atoms with Gasteiger partial charge in [0.25, 0.3) is 0 Å². The van der Waals surface area contributed by atoms with E-state index in [1.54, 1.807) is 24.3 Å². The lowest BCUT2D eigenvalue weighted by Gasteiger charge is -2.49. The molecule has 1 amide bonds. The summed E-state index contributed by atoms with van der Waals surface area (Å²) in [4.78, 5) is 25.9. The summed E-state index contributed by atoms with van der Waals surface area (Å²) in [5.74, 6) is -0.738. The van der Waals surface area contributed by atoms with Gasteiger partial charge in [0, 0.05) is 13.8 Å². The topological polar surface area (TPSA) is 213 Å².